The first-order valence-electron chi connectivity index (χ1n) is 2.74. The maximum Gasteiger partial charge on any atom is 0.108 e. The number of aliphatic hydroxyl groups excluding tert-OH is 1. The Balaban J connectivity index is 4.22. The molecule has 0 aromatic rings. The number of allylic oxidation sites excluding steroid dienone is 3. The van der Waals surface area contributed by atoms with Gasteiger partial charge in [-0.15, -0.1) is 12.6 Å². The van der Waals surface area contributed by atoms with Crippen molar-refractivity contribution in [1.29, 1.82) is 0 Å². The lowest BCUT2D eigenvalue weighted by Crippen LogP contribution is -1.87. The Kier molecular flexibility index (Phi) is 3.72. The zero-order valence-corrected chi connectivity index (χ0v) is 6.73. The van der Waals surface area contributed by atoms with E-state index in [1.54, 1.807) is 13.0 Å². The highest BCUT2D eigenvalue weighted by Crippen LogP contribution is 2.02. The smallest absolute Gasteiger partial charge is 0.108 e. The van der Waals surface area contributed by atoms with Crippen molar-refractivity contribution in [2.24, 2.45) is 5.73 Å². The second kappa shape index (κ2) is 4.06. The fourth-order valence-electron chi connectivity index (χ4n) is 0.538. The first-order chi connectivity index (χ1) is 4.52. The van der Waals surface area contributed by atoms with Crippen LogP contribution in [-0.2, 0) is 0 Å². The van der Waals surface area contributed by atoms with Crippen LogP contribution in [0.15, 0.2) is 35.1 Å². The van der Waals surface area contributed by atoms with Gasteiger partial charge in [-0.25, -0.2) is 0 Å². The van der Waals surface area contributed by atoms with Gasteiger partial charge in [-0.1, -0.05) is 6.58 Å². The van der Waals surface area contributed by atoms with E-state index < -0.39 is 0 Å². The minimum Gasteiger partial charge on any atom is -0.509 e. The summed E-state index contributed by atoms with van der Waals surface area (Å²) in [5.41, 5.74) is 6.06. The van der Waals surface area contributed by atoms with E-state index in [4.69, 9.17) is 10.8 Å². The van der Waals surface area contributed by atoms with E-state index in [9.17, 15) is 0 Å². The third-order valence-corrected chi connectivity index (χ3v) is 0.899. The van der Waals surface area contributed by atoms with Gasteiger partial charge < -0.3 is 10.8 Å². The van der Waals surface area contributed by atoms with Gasteiger partial charge in [-0.05, 0) is 24.6 Å². The molecule has 0 aromatic carbocycles. The van der Waals surface area contributed by atoms with E-state index in [-0.39, 0.29) is 5.76 Å². The van der Waals surface area contributed by atoms with Crippen LogP contribution < -0.4 is 5.73 Å². The molecule has 0 saturated heterocycles. The average molecular weight is 157 g/mol. The van der Waals surface area contributed by atoms with Crippen LogP contribution in [0, 0.1) is 0 Å². The van der Waals surface area contributed by atoms with E-state index >= 15 is 0 Å². The molecule has 0 amide bonds. The summed E-state index contributed by atoms with van der Waals surface area (Å²) in [6.07, 6.45) is 3.13. The van der Waals surface area contributed by atoms with E-state index in [2.05, 4.69) is 19.2 Å². The predicted octanol–water partition coefficient (Wildman–Crippen LogP) is 1.73. The van der Waals surface area contributed by atoms with Gasteiger partial charge in [0.15, 0.2) is 0 Å². The lowest BCUT2D eigenvalue weighted by molar-refractivity contribution is 0.435. The van der Waals surface area contributed by atoms with Gasteiger partial charge >= 0.3 is 0 Å². The Hall–Kier alpha value is -0.830. The lowest BCUT2D eigenvalue weighted by atomic mass is 10.2. The van der Waals surface area contributed by atoms with Crippen molar-refractivity contribution >= 4 is 12.6 Å². The summed E-state index contributed by atoms with van der Waals surface area (Å²) in [5, 5.41) is 9.08. The molecule has 0 heterocycles. The van der Waals surface area contributed by atoms with E-state index in [1.807, 2.05) is 0 Å². The summed E-state index contributed by atoms with van der Waals surface area (Å²) in [5.74, 6) is 0.0170. The van der Waals surface area contributed by atoms with Gasteiger partial charge in [-0.3, -0.25) is 0 Å². The van der Waals surface area contributed by atoms with Crippen molar-refractivity contribution in [2.45, 2.75) is 6.92 Å². The first kappa shape index (κ1) is 9.17. The second-order valence-electron chi connectivity index (χ2n) is 1.95. The van der Waals surface area contributed by atoms with Crippen LogP contribution in [0.1, 0.15) is 6.92 Å². The largest absolute Gasteiger partial charge is 0.509 e. The molecule has 2 nitrogen and oxygen atoms in total. The number of rotatable bonds is 2. The summed E-state index contributed by atoms with van der Waals surface area (Å²) in [6, 6.07) is 0. The van der Waals surface area contributed by atoms with Crippen LogP contribution in [0.2, 0.25) is 0 Å². The third-order valence-electron chi connectivity index (χ3n) is 0.770. The quantitative estimate of drug-likeness (QED) is 0.325. The zero-order chi connectivity index (χ0) is 8.15. The van der Waals surface area contributed by atoms with Crippen LogP contribution >= 0.6 is 12.6 Å². The molecule has 0 unspecified atom stereocenters. The van der Waals surface area contributed by atoms with Crippen LogP contribution in [-0.4, -0.2) is 5.11 Å². The lowest BCUT2D eigenvalue weighted by Gasteiger charge is -1.92. The van der Waals surface area contributed by atoms with Gasteiger partial charge in [-0.2, -0.15) is 0 Å². The van der Waals surface area contributed by atoms with Crippen LogP contribution in [0.5, 0.6) is 0 Å². The Labute approximate surface area is 66.1 Å². The standard InChI is InChI=1S/C7H11NOS/c1-5(3-6(2)9)4-7(8)10/h3-4,9-10H,2,8H2,1H3/b5-3-,7-4+. The van der Waals surface area contributed by atoms with Crippen molar-refractivity contribution in [1.82, 2.24) is 0 Å². The summed E-state index contributed by atoms with van der Waals surface area (Å²) >= 11 is 3.85. The van der Waals surface area contributed by atoms with E-state index in [0.29, 0.717) is 5.03 Å². The number of hydrogen-bond acceptors (Lipinski definition) is 3. The molecular weight excluding hydrogens is 146 g/mol. The first-order valence-corrected chi connectivity index (χ1v) is 3.19. The third kappa shape index (κ3) is 5.31. The molecule has 0 bridgehead atoms. The van der Waals surface area contributed by atoms with Gasteiger partial charge in [0.05, 0.1) is 5.03 Å². The van der Waals surface area contributed by atoms with Crippen molar-refractivity contribution in [3.05, 3.63) is 35.1 Å². The van der Waals surface area contributed by atoms with Crippen LogP contribution in [0.25, 0.3) is 0 Å². The number of thiol groups is 1. The second-order valence-corrected chi connectivity index (χ2v) is 2.47. The molecule has 56 valence electrons. The molecule has 0 rings (SSSR count). The highest BCUT2D eigenvalue weighted by molar-refractivity contribution is 7.84. The molecule has 0 aliphatic rings. The van der Waals surface area contributed by atoms with Gasteiger partial charge in [0.2, 0.25) is 0 Å². The van der Waals surface area contributed by atoms with Gasteiger partial charge in [0, 0.05) is 0 Å². The molecule has 3 heteroatoms. The normalized spacial score (nSPS) is 13.4. The minimum atomic E-state index is 0.0170. The Morgan fingerprint density at radius 3 is 2.40 bits per heavy atom. The Morgan fingerprint density at radius 1 is 1.60 bits per heavy atom. The molecule has 0 aliphatic carbocycles. The summed E-state index contributed by atoms with van der Waals surface area (Å²) < 4.78 is 0. The van der Waals surface area contributed by atoms with Crippen molar-refractivity contribution in [3.63, 3.8) is 0 Å². The average Bonchev–Trinajstić information content (AvgIpc) is 1.58. The van der Waals surface area contributed by atoms with Crippen LogP contribution in [0.4, 0.5) is 0 Å². The Bertz CT molecular complexity index is 190. The molecule has 0 saturated carbocycles. The Morgan fingerprint density at radius 2 is 2.10 bits per heavy atom. The molecule has 10 heavy (non-hydrogen) atoms. The number of aliphatic hydroxyl groups is 1. The van der Waals surface area contributed by atoms with Crippen molar-refractivity contribution in [2.75, 3.05) is 0 Å². The highest BCUT2D eigenvalue weighted by atomic mass is 32.1. The monoisotopic (exact) mass is 157 g/mol. The summed E-state index contributed by atoms with van der Waals surface area (Å²) in [6.45, 7) is 5.08. The number of nitrogens with two attached hydrogens (primary N) is 1. The topological polar surface area (TPSA) is 46.2 Å². The van der Waals surface area contributed by atoms with E-state index in [1.165, 1.54) is 6.08 Å². The molecule has 0 spiro atoms. The van der Waals surface area contributed by atoms with Gasteiger partial charge in [0.1, 0.15) is 5.76 Å². The fourth-order valence-corrected chi connectivity index (χ4v) is 0.741. The van der Waals surface area contributed by atoms with Crippen molar-refractivity contribution in [3.8, 4) is 0 Å². The molecule has 0 aromatic heterocycles. The van der Waals surface area contributed by atoms with Crippen molar-refractivity contribution < 1.29 is 5.11 Å². The predicted molar refractivity (Wildman–Crippen MR) is 46.8 cm³/mol. The highest BCUT2D eigenvalue weighted by Gasteiger charge is 1.84. The maximum absolute atomic E-state index is 8.67. The molecule has 3 N–H and O–H groups in total. The zero-order valence-electron chi connectivity index (χ0n) is 5.83. The fraction of sp³-hybridized carbons (Fsp3) is 0.143. The number of hydrogen-bond donors (Lipinski definition) is 3. The summed E-state index contributed by atoms with van der Waals surface area (Å²) in [4.78, 5) is 0. The van der Waals surface area contributed by atoms with Crippen LogP contribution in [0.3, 0.4) is 0 Å². The van der Waals surface area contributed by atoms with E-state index in [0.717, 1.165) is 5.57 Å². The maximum atomic E-state index is 8.67. The molecular formula is C7H11NOS. The van der Waals surface area contributed by atoms with Gasteiger partial charge in [0.25, 0.3) is 0 Å². The molecule has 0 aliphatic heterocycles. The SMILES string of the molecule is C=C(O)/C=C(C)\C=C(/N)S. The molecule has 0 radical (unpaired) electrons. The molecule has 0 fully saturated rings. The molecule has 0 atom stereocenters. The minimum absolute atomic E-state index is 0.0170. The summed E-state index contributed by atoms with van der Waals surface area (Å²) in [7, 11) is 0.